The van der Waals surface area contributed by atoms with Gasteiger partial charge in [0.25, 0.3) is 15.9 Å². The molecule has 144 valence electrons. The van der Waals surface area contributed by atoms with E-state index < -0.39 is 10.0 Å². The zero-order valence-corrected chi connectivity index (χ0v) is 16.0. The molecule has 27 heavy (non-hydrogen) atoms. The summed E-state index contributed by atoms with van der Waals surface area (Å²) >= 11 is 0. The minimum absolute atomic E-state index is 0.0744. The van der Waals surface area contributed by atoms with Crippen molar-refractivity contribution in [1.29, 1.82) is 0 Å². The molecular formula is C19H22N2O5S. The van der Waals surface area contributed by atoms with Gasteiger partial charge in [0.15, 0.2) is 11.5 Å². The molecular weight excluding hydrogens is 368 g/mol. The smallest absolute Gasteiger partial charge is 0.262 e. The average molecular weight is 390 g/mol. The maximum Gasteiger partial charge on any atom is 0.262 e. The number of benzene rings is 2. The number of rotatable bonds is 6. The molecule has 1 amide bonds. The van der Waals surface area contributed by atoms with E-state index in [4.69, 9.17) is 9.47 Å². The first-order chi connectivity index (χ1) is 12.9. The van der Waals surface area contributed by atoms with Gasteiger partial charge in [-0.3, -0.25) is 9.52 Å². The van der Waals surface area contributed by atoms with Crippen LogP contribution in [-0.2, 0) is 10.0 Å². The lowest BCUT2D eigenvalue weighted by atomic mass is 10.1. The van der Waals surface area contributed by atoms with E-state index in [9.17, 15) is 13.2 Å². The summed E-state index contributed by atoms with van der Waals surface area (Å²) in [6, 6.07) is 10.8. The highest BCUT2D eigenvalue weighted by Crippen LogP contribution is 2.32. The fraction of sp³-hybridized carbons (Fsp3) is 0.316. The largest absolute Gasteiger partial charge is 0.486 e. The van der Waals surface area contributed by atoms with Gasteiger partial charge in [-0.25, -0.2) is 8.42 Å². The number of nitrogens with one attached hydrogen (secondary N) is 2. The van der Waals surface area contributed by atoms with Gasteiger partial charge in [0, 0.05) is 23.4 Å². The van der Waals surface area contributed by atoms with Gasteiger partial charge in [-0.1, -0.05) is 6.92 Å². The Balaban J connectivity index is 1.73. The highest BCUT2D eigenvalue weighted by molar-refractivity contribution is 7.92. The minimum atomic E-state index is -3.79. The monoisotopic (exact) mass is 390 g/mol. The fourth-order valence-corrected chi connectivity index (χ4v) is 3.58. The topological polar surface area (TPSA) is 93.7 Å². The first-order valence-corrected chi connectivity index (χ1v) is 10.2. The molecule has 8 heteroatoms. The first kappa shape index (κ1) is 19.0. The van der Waals surface area contributed by atoms with Gasteiger partial charge in [-0.2, -0.15) is 0 Å². The Bertz CT molecular complexity index is 926. The lowest BCUT2D eigenvalue weighted by molar-refractivity contribution is 0.0939. The molecule has 0 aliphatic carbocycles. The van der Waals surface area contributed by atoms with Crippen molar-refractivity contribution in [2.75, 3.05) is 17.9 Å². The molecule has 7 nitrogen and oxygen atoms in total. The van der Waals surface area contributed by atoms with E-state index in [0.717, 1.165) is 6.42 Å². The van der Waals surface area contributed by atoms with Gasteiger partial charge in [0.2, 0.25) is 0 Å². The van der Waals surface area contributed by atoms with E-state index in [0.29, 0.717) is 36.0 Å². The van der Waals surface area contributed by atoms with Gasteiger partial charge in [-0.05, 0) is 49.7 Å². The highest BCUT2D eigenvalue weighted by Gasteiger charge is 2.19. The van der Waals surface area contributed by atoms with E-state index in [-0.39, 0.29) is 16.8 Å². The lowest BCUT2D eigenvalue weighted by Gasteiger charge is -2.19. The van der Waals surface area contributed by atoms with Crippen molar-refractivity contribution in [2.45, 2.75) is 31.2 Å². The minimum Gasteiger partial charge on any atom is -0.486 e. The van der Waals surface area contributed by atoms with Crippen LogP contribution in [0.3, 0.4) is 0 Å². The average Bonchev–Trinajstić information content (AvgIpc) is 2.67. The summed E-state index contributed by atoms with van der Waals surface area (Å²) in [4.78, 5) is 12.2. The summed E-state index contributed by atoms with van der Waals surface area (Å²) in [5.74, 6) is 0.739. The summed E-state index contributed by atoms with van der Waals surface area (Å²) in [6.07, 6.45) is 0.832. The normalized spacial score (nSPS) is 14.3. The maximum absolute atomic E-state index is 12.6. The Morgan fingerprint density at radius 2 is 1.74 bits per heavy atom. The molecule has 2 N–H and O–H groups in total. The number of sulfonamides is 1. The number of carbonyl (C=O) groups is 1. The van der Waals surface area contributed by atoms with Gasteiger partial charge >= 0.3 is 0 Å². The summed E-state index contributed by atoms with van der Waals surface area (Å²) in [5, 5.41) is 2.87. The molecule has 1 unspecified atom stereocenters. The molecule has 0 bridgehead atoms. The predicted molar refractivity (Wildman–Crippen MR) is 102 cm³/mol. The summed E-state index contributed by atoms with van der Waals surface area (Å²) in [5.41, 5.74) is 0.836. The molecule has 2 aromatic carbocycles. The van der Waals surface area contributed by atoms with Crippen molar-refractivity contribution in [3.05, 3.63) is 48.0 Å². The number of hydrogen-bond acceptors (Lipinski definition) is 5. The van der Waals surface area contributed by atoms with E-state index in [1.54, 1.807) is 30.3 Å². The first-order valence-electron chi connectivity index (χ1n) is 8.72. The Morgan fingerprint density at radius 3 is 2.41 bits per heavy atom. The Hall–Kier alpha value is -2.74. The second-order valence-corrected chi connectivity index (χ2v) is 7.95. The highest BCUT2D eigenvalue weighted by atomic mass is 32.2. The van der Waals surface area contributed by atoms with E-state index in [2.05, 4.69) is 10.0 Å². The fourth-order valence-electron chi connectivity index (χ4n) is 2.50. The molecule has 0 aromatic heterocycles. The van der Waals surface area contributed by atoms with Gasteiger partial charge in [0.1, 0.15) is 13.2 Å². The van der Waals surface area contributed by atoms with E-state index in [1.165, 1.54) is 12.1 Å². The number of ether oxygens (including phenoxy) is 2. The standard InChI is InChI=1S/C19H22N2O5S/c1-3-13(2)20-19(22)14-4-6-15(7-5-14)21-27(23,24)16-8-9-17-18(12-16)26-11-10-25-17/h4-9,12-13,21H,3,10-11H2,1-2H3,(H,20,22). The number of amides is 1. The van der Waals surface area contributed by atoms with Crippen LogP contribution in [0.1, 0.15) is 30.6 Å². The number of hydrogen-bond donors (Lipinski definition) is 2. The second kappa shape index (κ2) is 7.87. The van der Waals surface area contributed by atoms with Crippen LogP contribution in [0.2, 0.25) is 0 Å². The molecule has 0 radical (unpaired) electrons. The molecule has 1 atom stereocenters. The van der Waals surface area contributed by atoms with Crippen LogP contribution in [0, 0.1) is 0 Å². The number of carbonyl (C=O) groups excluding carboxylic acids is 1. The second-order valence-electron chi connectivity index (χ2n) is 6.27. The van der Waals surface area contributed by atoms with E-state index >= 15 is 0 Å². The molecule has 1 heterocycles. The Morgan fingerprint density at radius 1 is 1.07 bits per heavy atom. The molecule has 0 fully saturated rings. The molecule has 0 saturated heterocycles. The third kappa shape index (κ3) is 4.51. The van der Waals surface area contributed by atoms with Crippen molar-refractivity contribution in [3.8, 4) is 11.5 Å². The maximum atomic E-state index is 12.6. The molecule has 3 rings (SSSR count). The molecule has 1 aliphatic heterocycles. The SMILES string of the molecule is CCC(C)NC(=O)c1ccc(NS(=O)(=O)c2ccc3c(c2)OCCO3)cc1. The van der Waals surface area contributed by atoms with Crippen LogP contribution >= 0.6 is 0 Å². The van der Waals surface area contributed by atoms with Gasteiger partial charge < -0.3 is 14.8 Å². The third-order valence-electron chi connectivity index (χ3n) is 4.21. The van der Waals surface area contributed by atoms with Crippen LogP contribution in [0.5, 0.6) is 11.5 Å². The van der Waals surface area contributed by atoms with Crippen molar-refractivity contribution >= 4 is 21.6 Å². The molecule has 1 aliphatic rings. The van der Waals surface area contributed by atoms with Crippen LogP contribution in [0.4, 0.5) is 5.69 Å². The quantitative estimate of drug-likeness (QED) is 0.791. The van der Waals surface area contributed by atoms with Gasteiger partial charge in [-0.15, -0.1) is 0 Å². The van der Waals surface area contributed by atoms with Gasteiger partial charge in [0.05, 0.1) is 4.90 Å². The summed E-state index contributed by atoms with van der Waals surface area (Å²) < 4.78 is 38.5. The van der Waals surface area contributed by atoms with Crippen LogP contribution in [-0.4, -0.2) is 33.6 Å². The molecule has 0 saturated carbocycles. The van der Waals surface area contributed by atoms with Crippen LogP contribution < -0.4 is 19.5 Å². The van der Waals surface area contributed by atoms with Crippen LogP contribution in [0.15, 0.2) is 47.4 Å². The van der Waals surface area contributed by atoms with E-state index in [1.807, 2.05) is 13.8 Å². The summed E-state index contributed by atoms with van der Waals surface area (Å²) in [7, 11) is -3.79. The van der Waals surface area contributed by atoms with Crippen molar-refractivity contribution < 1.29 is 22.7 Å². The van der Waals surface area contributed by atoms with Crippen LogP contribution in [0.25, 0.3) is 0 Å². The van der Waals surface area contributed by atoms with Crippen molar-refractivity contribution in [2.24, 2.45) is 0 Å². The zero-order valence-electron chi connectivity index (χ0n) is 15.2. The lowest BCUT2D eigenvalue weighted by Crippen LogP contribution is -2.31. The van der Waals surface area contributed by atoms with Crippen molar-refractivity contribution in [1.82, 2.24) is 5.32 Å². The third-order valence-corrected chi connectivity index (χ3v) is 5.59. The predicted octanol–water partition coefficient (Wildman–Crippen LogP) is 2.79. The Kier molecular flexibility index (Phi) is 5.55. The number of anilines is 1. The summed E-state index contributed by atoms with van der Waals surface area (Å²) in [6.45, 7) is 4.73. The number of fused-ring (bicyclic) bond motifs is 1. The van der Waals surface area contributed by atoms with Crippen molar-refractivity contribution in [3.63, 3.8) is 0 Å². The molecule has 0 spiro atoms. The molecule has 2 aromatic rings. The zero-order chi connectivity index (χ0) is 19.4. The Labute approximate surface area is 158 Å².